The number of halogens is 1. The molecule has 1 aliphatic rings. The standard InChI is InChI=1S/C20H29FN4O5S2/c1-18(2,3)31(28)23-19(4,16-12-15(25(26)27)6-7-17(16)21)14-32(29,30)20(13-22)8-10-24(5)11-9-20/h6-7,12,23H,8-11,14H2,1-5H3. The van der Waals surface area contributed by atoms with Gasteiger partial charge in [0.25, 0.3) is 5.69 Å². The molecule has 2 rings (SSSR count). The summed E-state index contributed by atoms with van der Waals surface area (Å²) in [6.07, 6.45) is 0.163. The summed E-state index contributed by atoms with van der Waals surface area (Å²) in [5.74, 6) is -1.63. The van der Waals surface area contributed by atoms with Crippen LogP contribution in [0.3, 0.4) is 0 Å². The topological polar surface area (TPSA) is 133 Å². The highest BCUT2D eigenvalue weighted by Crippen LogP contribution is 2.37. The molecule has 0 aromatic heterocycles. The van der Waals surface area contributed by atoms with Gasteiger partial charge in [-0.15, -0.1) is 0 Å². The highest BCUT2D eigenvalue weighted by Gasteiger charge is 2.50. The normalized spacial score (nSPS) is 20.2. The Morgan fingerprint density at radius 1 is 1.31 bits per heavy atom. The zero-order valence-corrected chi connectivity index (χ0v) is 20.5. The lowest BCUT2D eigenvalue weighted by molar-refractivity contribution is -0.385. The molecule has 9 nitrogen and oxygen atoms in total. The molecule has 1 aromatic carbocycles. The van der Waals surface area contributed by atoms with Crippen LogP contribution < -0.4 is 4.72 Å². The number of likely N-dealkylation sites (tertiary alicyclic amines) is 1. The van der Waals surface area contributed by atoms with Crippen molar-refractivity contribution in [2.45, 2.75) is 55.6 Å². The lowest BCUT2D eigenvalue weighted by Gasteiger charge is -2.39. The summed E-state index contributed by atoms with van der Waals surface area (Å²) in [6.45, 7) is 7.11. The molecule has 1 heterocycles. The Hall–Kier alpha value is -1.94. The summed E-state index contributed by atoms with van der Waals surface area (Å²) in [6, 6.07) is 4.77. The lowest BCUT2D eigenvalue weighted by Crippen LogP contribution is -2.55. The summed E-state index contributed by atoms with van der Waals surface area (Å²) >= 11 is 0. The van der Waals surface area contributed by atoms with Crippen LogP contribution in [0.2, 0.25) is 0 Å². The lowest BCUT2D eigenvalue weighted by atomic mass is 9.94. The molecule has 0 amide bonds. The maximum atomic E-state index is 14.9. The first-order chi connectivity index (χ1) is 14.6. The number of nitro groups is 1. The van der Waals surface area contributed by atoms with Crippen LogP contribution >= 0.6 is 0 Å². The van der Waals surface area contributed by atoms with Crippen molar-refractivity contribution < 1.29 is 21.9 Å². The maximum absolute atomic E-state index is 14.9. The number of hydrogen-bond acceptors (Lipinski definition) is 7. The number of non-ortho nitro benzene ring substituents is 1. The molecule has 178 valence electrons. The minimum Gasteiger partial charge on any atom is -0.306 e. The molecule has 0 spiro atoms. The monoisotopic (exact) mass is 488 g/mol. The number of rotatable bonds is 7. The predicted octanol–water partition coefficient (Wildman–Crippen LogP) is 2.40. The summed E-state index contributed by atoms with van der Waals surface area (Å²) in [5, 5.41) is 21.1. The number of benzene rings is 1. The molecule has 0 bridgehead atoms. The van der Waals surface area contributed by atoms with Crippen molar-refractivity contribution in [1.29, 1.82) is 5.26 Å². The second-order valence-corrected chi connectivity index (χ2v) is 13.7. The number of nitro benzene ring substituents is 1. The van der Waals surface area contributed by atoms with Gasteiger partial charge in [0.05, 0.1) is 38.0 Å². The van der Waals surface area contributed by atoms with E-state index in [1.165, 1.54) is 6.92 Å². The van der Waals surface area contributed by atoms with Crippen LogP contribution in [0.1, 0.15) is 46.1 Å². The Labute approximate surface area is 190 Å². The van der Waals surface area contributed by atoms with Crippen LogP contribution in [-0.4, -0.2) is 57.8 Å². The van der Waals surface area contributed by atoms with Gasteiger partial charge in [0.15, 0.2) is 14.6 Å². The van der Waals surface area contributed by atoms with Crippen molar-refractivity contribution in [3.8, 4) is 6.07 Å². The van der Waals surface area contributed by atoms with Gasteiger partial charge < -0.3 is 4.90 Å². The van der Waals surface area contributed by atoms with E-state index in [2.05, 4.69) is 4.72 Å². The molecule has 1 fully saturated rings. The molecule has 1 aromatic rings. The third-order valence-electron chi connectivity index (χ3n) is 5.70. The molecule has 1 saturated heterocycles. The average molecular weight is 489 g/mol. The van der Waals surface area contributed by atoms with Crippen molar-refractivity contribution in [1.82, 2.24) is 9.62 Å². The number of nitrogens with zero attached hydrogens (tertiary/aromatic N) is 3. The third-order valence-corrected chi connectivity index (χ3v) is 10.1. The Bertz CT molecular complexity index is 1060. The van der Waals surface area contributed by atoms with Gasteiger partial charge in [-0.2, -0.15) is 5.26 Å². The van der Waals surface area contributed by atoms with Gasteiger partial charge in [-0.25, -0.2) is 21.7 Å². The van der Waals surface area contributed by atoms with E-state index < -0.39 is 58.0 Å². The Kier molecular flexibility index (Phi) is 7.51. The minimum absolute atomic E-state index is 0.0815. The number of nitriles is 1. The van der Waals surface area contributed by atoms with E-state index in [1.807, 2.05) is 18.0 Å². The van der Waals surface area contributed by atoms with Crippen LogP contribution in [0.5, 0.6) is 0 Å². The highest BCUT2D eigenvalue weighted by molar-refractivity contribution is 7.93. The first kappa shape index (κ1) is 26.3. The van der Waals surface area contributed by atoms with Crippen molar-refractivity contribution in [3.05, 3.63) is 39.7 Å². The molecular weight excluding hydrogens is 459 g/mol. The van der Waals surface area contributed by atoms with Crippen molar-refractivity contribution in [3.63, 3.8) is 0 Å². The van der Waals surface area contributed by atoms with E-state index in [-0.39, 0.29) is 18.4 Å². The average Bonchev–Trinajstić information content (AvgIpc) is 2.67. The fourth-order valence-corrected chi connectivity index (χ4v) is 6.76. The number of hydrogen-bond donors (Lipinski definition) is 1. The van der Waals surface area contributed by atoms with E-state index in [1.54, 1.807) is 20.8 Å². The SMILES string of the molecule is CN1CCC(C#N)(S(=O)(=O)CC(C)(NS(=O)C(C)(C)C)c2cc([N+](=O)[O-])ccc2F)CC1. The molecule has 32 heavy (non-hydrogen) atoms. The fourth-order valence-electron chi connectivity index (χ4n) is 3.56. The number of sulfone groups is 1. The van der Waals surface area contributed by atoms with E-state index in [4.69, 9.17) is 0 Å². The molecule has 2 atom stereocenters. The van der Waals surface area contributed by atoms with E-state index >= 15 is 0 Å². The van der Waals surface area contributed by atoms with Crippen molar-refractivity contribution >= 4 is 26.5 Å². The first-order valence-corrected chi connectivity index (χ1v) is 12.8. The first-order valence-electron chi connectivity index (χ1n) is 10.0. The van der Waals surface area contributed by atoms with Gasteiger partial charge in [-0.3, -0.25) is 10.1 Å². The highest BCUT2D eigenvalue weighted by atomic mass is 32.2. The summed E-state index contributed by atoms with van der Waals surface area (Å²) < 4.78 is 55.1. The zero-order chi connectivity index (χ0) is 24.5. The number of piperidine rings is 1. The predicted molar refractivity (Wildman–Crippen MR) is 120 cm³/mol. The van der Waals surface area contributed by atoms with Gasteiger partial charge in [-0.1, -0.05) is 0 Å². The summed E-state index contributed by atoms with van der Waals surface area (Å²) in [4.78, 5) is 12.5. The number of nitrogens with one attached hydrogen (secondary N) is 1. The van der Waals surface area contributed by atoms with Crippen LogP contribution in [0, 0.1) is 27.3 Å². The van der Waals surface area contributed by atoms with Crippen LogP contribution in [0.15, 0.2) is 18.2 Å². The van der Waals surface area contributed by atoms with Gasteiger partial charge in [0, 0.05) is 30.8 Å². The second kappa shape index (κ2) is 9.13. The zero-order valence-electron chi connectivity index (χ0n) is 18.8. The maximum Gasteiger partial charge on any atom is 0.269 e. The Morgan fingerprint density at radius 3 is 2.34 bits per heavy atom. The molecule has 0 radical (unpaired) electrons. The molecule has 0 saturated carbocycles. The van der Waals surface area contributed by atoms with E-state index in [0.717, 1.165) is 18.2 Å². The Morgan fingerprint density at radius 2 is 1.88 bits per heavy atom. The summed E-state index contributed by atoms with van der Waals surface area (Å²) in [7, 11) is -4.20. The molecule has 1 aliphatic heterocycles. The third kappa shape index (κ3) is 5.33. The van der Waals surface area contributed by atoms with Gasteiger partial charge in [0.1, 0.15) is 5.82 Å². The van der Waals surface area contributed by atoms with E-state index in [9.17, 15) is 32.4 Å². The molecule has 2 unspecified atom stereocenters. The van der Waals surface area contributed by atoms with E-state index in [0.29, 0.717) is 13.1 Å². The van der Waals surface area contributed by atoms with Crippen LogP contribution in [-0.2, 0) is 26.4 Å². The molecular formula is C20H29FN4O5S2. The van der Waals surface area contributed by atoms with Crippen molar-refractivity contribution in [2.24, 2.45) is 0 Å². The van der Waals surface area contributed by atoms with Crippen LogP contribution in [0.4, 0.5) is 10.1 Å². The smallest absolute Gasteiger partial charge is 0.269 e. The fraction of sp³-hybridized carbons (Fsp3) is 0.650. The molecule has 1 N–H and O–H groups in total. The van der Waals surface area contributed by atoms with Crippen LogP contribution in [0.25, 0.3) is 0 Å². The largest absolute Gasteiger partial charge is 0.306 e. The quantitative estimate of drug-likeness (QED) is 0.460. The minimum atomic E-state index is -4.19. The molecule has 12 heteroatoms. The van der Waals surface area contributed by atoms with Gasteiger partial charge >= 0.3 is 0 Å². The Balaban J connectivity index is 2.62. The van der Waals surface area contributed by atoms with Gasteiger partial charge in [0.2, 0.25) is 0 Å². The second-order valence-electron chi connectivity index (χ2n) is 9.40. The summed E-state index contributed by atoms with van der Waals surface area (Å²) in [5.41, 5.74) is -2.52. The molecule has 0 aliphatic carbocycles. The van der Waals surface area contributed by atoms with Gasteiger partial charge in [-0.05, 0) is 53.7 Å². The van der Waals surface area contributed by atoms with Crippen molar-refractivity contribution in [2.75, 3.05) is 25.9 Å².